The molecule has 10 heteroatoms. The van der Waals surface area contributed by atoms with Crippen molar-refractivity contribution < 1.29 is 14.3 Å². The van der Waals surface area contributed by atoms with Gasteiger partial charge in [0.15, 0.2) is 0 Å². The summed E-state index contributed by atoms with van der Waals surface area (Å²) >= 11 is 0. The molecule has 164 valence electrons. The number of ether oxygens (including phenoxy) is 2. The highest BCUT2D eigenvalue weighted by Gasteiger charge is 2.21. The van der Waals surface area contributed by atoms with Crippen LogP contribution in [-0.4, -0.2) is 71.5 Å². The van der Waals surface area contributed by atoms with Crippen LogP contribution in [0.5, 0.6) is 5.75 Å². The van der Waals surface area contributed by atoms with Crippen molar-refractivity contribution in [3.63, 3.8) is 0 Å². The highest BCUT2D eigenvalue weighted by Crippen LogP contribution is 2.15. The minimum Gasteiger partial charge on any atom is -0.486 e. The second-order valence-corrected chi connectivity index (χ2v) is 7.33. The lowest BCUT2D eigenvalue weighted by atomic mass is 10.2. The molecule has 1 aliphatic heterocycles. The zero-order chi connectivity index (χ0) is 22.2. The number of nitriles is 1. The van der Waals surface area contributed by atoms with Crippen molar-refractivity contribution in [3.8, 4) is 11.8 Å². The maximum absolute atomic E-state index is 12.4. The summed E-state index contributed by atoms with van der Waals surface area (Å²) in [6.45, 7) is 6.73. The number of nitrogens with zero attached hydrogens (tertiary/aromatic N) is 5. The number of hydrogen-bond donors (Lipinski definition) is 1. The van der Waals surface area contributed by atoms with Crippen LogP contribution < -0.4 is 15.2 Å². The summed E-state index contributed by atoms with van der Waals surface area (Å²) in [7, 11) is 0. The number of aromatic amines is 1. The molecule has 0 radical (unpaired) electrons. The van der Waals surface area contributed by atoms with Crippen LogP contribution in [0.2, 0.25) is 0 Å². The number of piperazine rings is 1. The van der Waals surface area contributed by atoms with E-state index in [0.717, 1.165) is 5.82 Å². The first-order chi connectivity index (χ1) is 15.0. The van der Waals surface area contributed by atoms with Gasteiger partial charge in [0.2, 0.25) is 5.91 Å². The van der Waals surface area contributed by atoms with E-state index < -0.39 is 0 Å². The Labute approximate surface area is 180 Å². The smallest absolute Gasteiger partial charge is 0.270 e. The number of hydrogen-bond acceptors (Lipinski definition) is 8. The molecule has 31 heavy (non-hydrogen) atoms. The van der Waals surface area contributed by atoms with E-state index in [-0.39, 0.29) is 17.6 Å². The van der Waals surface area contributed by atoms with E-state index in [4.69, 9.17) is 14.7 Å². The van der Waals surface area contributed by atoms with E-state index in [1.165, 1.54) is 6.20 Å². The van der Waals surface area contributed by atoms with E-state index in [1.54, 1.807) is 19.2 Å². The van der Waals surface area contributed by atoms with Gasteiger partial charge in [0.05, 0.1) is 37.0 Å². The lowest BCUT2D eigenvalue weighted by Crippen LogP contribution is -2.49. The lowest BCUT2D eigenvalue weighted by molar-refractivity contribution is -0.132. The van der Waals surface area contributed by atoms with E-state index in [1.807, 2.05) is 17.9 Å². The Morgan fingerprint density at radius 2 is 2.06 bits per heavy atom. The molecule has 0 saturated carbocycles. The van der Waals surface area contributed by atoms with E-state index in [0.29, 0.717) is 62.7 Å². The molecule has 0 aromatic carbocycles. The lowest BCUT2D eigenvalue weighted by Gasteiger charge is -2.35. The van der Waals surface area contributed by atoms with E-state index >= 15 is 0 Å². The van der Waals surface area contributed by atoms with Crippen LogP contribution in [0.3, 0.4) is 0 Å². The molecule has 0 aliphatic carbocycles. The van der Waals surface area contributed by atoms with Gasteiger partial charge in [0.25, 0.3) is 5.56 Å². The van der Waals surface area contributed by atoms with Gasteiger partial charge in [-0.1, -0.05) is 0 Å². The summed E-state index contributed by atoms with van der Waals surface area (Å²) in [4.78, 5) is 32.2. The molecule has 1 N–H and O–H groups in total. The Kier molecular flexibility index (Phi) is 7.56. The van der Waals surface area contributed by atoms with E-state index in [9.17, 15) is 9.59 Å². The van der Waals surface area contributed by atoms with Gasteiger partial charge in [-0.25, -0.2) is 10.1 Å². The second-order valence-electron chi connectivity index (χ2n) is 7.33. The number of rotatable bonds is 8. The molecular formula is C21H26N6O4. The highest BCUT2D eigenvalue weighted by atomic mass is 16.5. The fourth-order valence-electron chi connectivity index (χ4n) is 3.20. The Hall–Kier alpha value is -3.45. The third-order valence-corrected chi connectivity index (χ3v) is 5.03. The summed E-state index contributed by atoms with van der Waals surface area (Å²) in [5, 5.41) is 14.9. The van der Waals surface area contributed by atoms with Crippen molar-refractivity contribution in [2.75, 3.05) is 44.3 Å². The molecule has 1 saturated heterocycles. The molecule has 1 aliphatic rings. The summed E-state index contributed by atoms with van der Waals surface area (Å²) in [5.74, 6) is 1.29. The number of carbonyl (C=O) groups excluding carboxylic acids is 1. The van der Waals surface area contributed by atoms with Gasteiger partial charge < -0.3 is 19.3 Å². The van der Waals surface area contributed by atoms with Gasteiger partial charge in [0, 0.05) is 32.4 Å². The molecule has 3 heterocycles. The van der Waals surface area contributed by atoms with Gasteiger partial charge in [0.1, 0.15) is 23.7 Å². The normalized spacial score (nSPS) is 14.7. The fourth-order valence-corrected chi connectivity index (χ4v) is 3.20. The largest absolute Gasteiger partial charge is 0.486 e. The summed E-state index contributed by atoms with van der Waals surface area (Å²) < 4.78 is 11.3. The SMILES string of the molecule is Cc1c(O[C@@H](C)COCCC(=O)N2CCN(c3ccc(C#N)cn3)CC2)cn[nH]c1=O. The van der Waals surface area contributed by atoms with Crippen LogP contribution in [0, 0.1) is 18.3 Å². The van der Waals surface area contributed by atoms with Crippen LogP contribution in [-0.2, 0) is 9.53 Å². The Bertz CT molecular complexity index is 977. The molecule has 2 aromatic rings. The minimum atomic E-state index is -0.286. The second kappa shape index (κ2) is 10.5. The predicted molar refractivity (Wildman–Crippen MR) is 113 cm³/mol. The molecule has 0 bridgehead atoms. The predicted octanol–water partition coefficient (Wildman–Crippen LogP) is 0.868. The molecular weight excluding hydrogens is 400 g/mol. The summed E-state index contributed by atoms with van der Waals surface area (Å²) in [5.41, 5.74) is 0.708. The zero-order valence-electron chi connectivity index (χ0n) is 17.7. The van der Waals surface area contributed by atoms with Crippen LogP contribution in [0.1, 0.15) is 24.5 Å². The van der Waals surface area contributed by atoms with Crippen LogP contribution in [0.4, 0.5) is 5.82 Å². The number of H-pyrrole nitrogens is 1. The average Bonchev–Trinajstić information content (AvgIpc) is 2.80. The van der Waals surface area contributed by atoms with Gasteiger partial charge in [-0.15, -0.1) is 0 Å². The quantitative estimate of drug-likeness (QED) is 0.617. The first-order valence-corrected chi connectivity index (χ1v) is 10.2. The van der Waals surface area contributed by atoms with E-state index in [2.05, 4.69) is 26.2 Å². The van der Waals surface area contributed by atoms with Crippen molar-refractivity contribution in [3.05, 3.63) is 46.0 Å². The van der Waals surface area contributed by atoms with Crippen molar-refractivity contribution >= 4 is 11.7 Å². The summed E-state index contributed by atoms with van der Waals surface area (Å²) in [6, 6.07) is 5.63. The third-order valence-electron chi connectivity index (χ3n) is 5.03. The first kappa shape index (κ1) is 22.2. The van der Waals surface area contributed by atoms with Crippen molar-refractivity contribution in [2.24, 2.45) is 0 Å². The minimum absolute atomic E-state index is 0.0515. The number of amides is 1. The maximum Gasteiger partial charge on any atom is 0.270 e. The summed E-state index contributed by atoms with van der Waals surface area (Å²) in [6.07, 6.45) is 3.04. The fraction of sp³-hybridized carbons (Fsp3) is 0.476. The topological polar surface area (TPSA) is 124 Å². The maximum atomic E-state index is 12.4. The Morgan fingerprint density at radius 1 is 1.29 bits per heavy atom. The third kappa shape index (κ3) is 6.02. The molecule has 10 nitrogen and oxygen atoms in total. The zero-order valence-corrected chi connectivity index (χ0v) is 17.7. The van der Waals surface area contributed by atoms with Crippen molar-refractivity contribution in [1.82, 2.24) is 20.1 Å². The molecule has 2 aromatic heterocycles. The first-order valence-electron chi connectivity index (χ1n) is 10.2. The number of anilines is 1. The Balaban J connectivity index is 1.35. The van der Waals surface area contributed by atoms with Gasteiger partial charge in [-0.05, 0) is 26.0 Å². The monoisotopic (exact) mass is 426 g/mol. The molecule has 1 fully saturated rings. The molecule has 1 atom stereocenters. The Morgan fingerprint density at radius 3 is 2.74 bits per heavy atom. The number of carbonyl (C=O) groups is 1. The number of nitrogens with one attached hydrogen (secondary N) is 1. The van der Waals surface area contributed by atoms with Gasteiger partial charge >= 0.3 is 0 Å². The molecule has 1 amide bonds. The molecule has 3 rings (SSSR count). The van der Waals surface area contributed by atoms with Crippen molar-refractivity contribution in [2.45, 2.75) is 26.4 Å². The van der Waals surface area contributed by atoms with Crippen LogP contribution >= 0.6 is 0 Å². The van der Waals surface area contributed by atoms with Crippen LogP contribution in [0.25, 0.3) is 0 Å². The highest BCUT2D eigenvalue weighted by molar-refractivity contribution is 5.76. The van der Waals surface area contributed by atoms with Gasteiger partial charge in [-0.2, -0.15) is 10.4 Å². The standard InChI is InChI=1S/C21H26N6O4/c1-15(31-18-13-24-25-21(29)16(18)2)14-30-10-5-20(28)27-8-6-26(7-9-27)19-4-3-17(11-22)12-23-19/h3-4,12-13,15H,5-10,14H2,1-2H3,(H,25,29)/t15-/m0/s1. The van der Waals surface area contributed by atoms with Crippen LogP contribution in [0.15, 0.2) is 29.3 Å². The van der Waals surface area contributed by atoms with Crippen molar-refractivity contribution in [1.29, 1.82) is 5.26 Å². The van der Waals surface area contributed by atoms with Gasteiger partial charge in [-0.3, -0.25) is 9.59 Å². The number of pyridine rings is 1. The molecule has 0 spiro atoms. The number of aromatic nitrogens is 3. The molecule has 0 unspecified atom stereocenters. The average molecular weight is 426 g/mol.